The fourth-order valence-electron chi connectivity index (χ4n) is 3.17. The molecule has 0 heterocycles. The van der Waals surface area contributed by atoms with Crippen LogP contribution < -0.4 is 0 Å². The molecule has 0 aliphatic heterocycles. The maximum atomic E-state index is 11.9. The van der Waals surface area contributed by atoms with Crippen molar-refractivity contribution in [1.82, 2.24) is 0 Å². The summed E-state index contributed by atoms with van der Waals surface area (Å²) in [6.45, 7) is 6.83. The largest absolute Gasteiger partial charge is 0.300 e. The minimum absolute atomic E-state index is 0.277. The Kier molecular flexibility index (Phi) is 2.74. The second-order valence-electron chi connectivity index (χ2n) is 5.97. The molecule has 0 aromatic heterocycles. The fourth-order valence-corrected chi connectivity index (χ4v) is 3.17. The molecule has 1 heteroatoms. The Hall–Kier alpha value is -0.590. The predicted molar refractivity (Wildman–Crippen MR) is 62.6 cm³/mol. The maximum absolute atomic E-state index is 11.9. The van der Waals surface area contributed by atoms with E-state index in [0.29, 0.717) is 17.6 Å². The van der Waals surface area contributed by atoms with E-state index in [1.165, 1.54) is 12.8 Å². The summed E-state index contributed by atoms with van der Waals surface area (Å²) < 4.78 is 0. The Balaban J connectivity index is 2.28. The molecular formula is C14H22O. The molecule has 0 N–H and O–H groups in total. The lowest BCUT2D eigenvalue weighted by atomic mass is 9.77. The molecular weight excluding hydrogens is 184 g/mol. The lowest BCUT2D eigenvalue weighted by Crippen LogP contribution is -2.21. The molecule has 0 radical (unpaired) electrons. The summed E-state index contributed by atoms with van der Waals surface area (Å²) in [6, 6.07) is 0. The lowest BCUT2D eigenvalue weighted by molar-refractivity contribution is -0.121. The van der Waals surface area contributed by atoms with E-state index in [4.69, 9.17) is 0 Å². The maximum Gasteiger partial charge on any atom is 0.133 e. The quantitative estimate of drug-likeness (QED) is 0.552. The average Bonchev–Trinajstić information content (AvgIpc) is 2.40. The van der Waals surface area contributed by atoms with Gasteiger partial charge in [0.1, 0.15) is 5.78 Å². The van der Waals surface area contributed by atoms with Crippen molar-refractivity contribution in [2.45, 2.75) is 52.9 Å². The van der Waals surface area contributed by atoms with Gasteiger partial charge in [-0.15, -0.1) is 0 Å². The van der Waals surface area contributed by atoms with Gasteiger partial charge in [0.05, 0.1) is 0 Å². The van der Waals surface area contributed by atoms with Crippen LogP contribution in [0.5, 0.6) is 0 Å². The van der Waals surface area contributed by atoms with E-state index in [-0.39, 0.29) is 5.41 Å². The summed E-state index contributed by atoms with van der Waals surface area (Å²) >= 11 is 0. The summed E-state index contributed by atoms with van der Waals surface area (Å²) in [5.74, 6) is 1.62. The first-order valence-corrected chi connectivity index (χ1v) is 6.21. The third-order valence-corrected chi connectivity index (χ3v) is 4.43. The van der Waals surface area contributed by atoms with Crippen LogP contribution in [-0.2, 0) is 4.79 Å². The highest BCUT2D eigenvalue weighted by molar-refractivity contribution is 5.79. The molecule has 1 nitrogen and oxygen atoms in total. The minimum atomic E-state index is 0.277. The molecule has 0 aromatic rings. The van der Waals surface area contributed by atoms with E-state index in [9.17, 15) is 4.79 Å². The number of fused-ring (bicyclic) bond motifs is 2. The highest BCUT2D eigenvalue weighted by atomic mass is 16.1. The van der Waals surface area contributed by atoms with Gasteiger partial charge in [-0.25, -0.2) is 0 Å². The zero-order valence-electron chi connectivity index (χ0n) is 10.2. The van der Waals surface area contributed by atoms with E-state index >= 15 is 0 Å². The predicted octanol–water partition coefficient (Wildman–Crippen LogP) is 3.74. The number of carbonyl (C=O) groups excluding carboxylic acids is 1. The summed E-state index contributed by atoms with van der Waals surface area (Å²) in [5.41, 5.74) is 1.88. The number of carbonyl (C=O) groups is 1. The van der Waals surface area contributed by atoms with E-state index in [0.717, 1.165) is 19.3 Å². The van der Waals surface area contributed by atoms with Crippen LogP contribution in [-0.4, -0.2) is 5.78 Å². The lowest BCUT2D eigenvalue weighted by Gasteiger charge is -2.27. The molecule has 0 saturated heterocycles. The first-order chi connectivity index (χ1) is 7.00. The van der Waals surface area contributed by atoms with Crippen molar-refractivity contribution in [3.63, 3.8) is 0 Å². The van der Waals surface area contributed by atoms with Crippen molar-refractivity contribution in [3.8, 4) is 0 Å². The standard InChI is InChI=1S/C14H22O/c1-10-4-5-11-6-7-12(14(11,2)3)9-13(15)8-10/h5,10,12H,4,6-9H2,1-3H3/b11-5-/t10-,12+/m0/s1. The smallest absolute Gasteiger partial charge is 0.133 e. The Morgan fingerprint density at radius 3 is 2.80 bits per heavy atom. The first-order valence-electron chi connectivity index (χ1n) is 6.21. The molecule has 2 atom stereocenters. The molecule has 15 heavy (non-hydrogen) atoms. The van der Waals surface area contributed by atoms with Gasteiger partial charge >= 0.3 is 0 Å². The third kappa shape index (κ3) is 2.02. The Bertz CT molecular complexity index is 298. The highest BCUT2D eigenvalue weighted by Crippen LogP contribution is 2.49. The molecule has 0 aromatic carbocycles. The number of allylic oxidation sites excluding steroid dienone is 2. The zero-order chi connectivity index (χ0) is 11.1. The van der Waals surface area contributed by atoms with Gasteiger partial charge in [0.2, 0.25) is 0 Å². The molecule has 84 valence electrons. The van der Waals surface area contributed by atoms with Crippen LogP contribution in [0.1, 0.15) is 52.9 Å². The van der Waals surface area contributed by atoms with Crippen LogP contribution in [0.15, 0.2) is 11.6 Å². The monoisotopic (exact) mass is 206 g/mol. The van der Waals surface area contributed by atoms with Gasteiger partial charge in [-0.3, -0.25) is 4.79 Å². The molecule has 2 aliphatic carbocycles. The van der Waals surface area contributed by atoms with Gasteiger partial charge in [0.25, 0.3) is 0 Å². The van der Waals surface area contributed by atoms with Crippen molar-refractivity contribution in [2.24, 2.45) is 17.3 Å². The summed E-state index contributed by atoms with van der Waals surface area (Å²) in [4.78, 5) is 11.9. The van der Waals surface area contributed by atoms with Gasteiger partial charge in [-0.1, -0.05) is 32.4 Å². The number of Topliss-reactive ketones (excluding diaryl/α,β-unsaturated/α-hetero) is 1. The normalized spacial score (nSPS) is 38.9. The van der Waals surface area contributed by atoms with Crippen LogP contribution in [0.2, 0.25) is 0 Å². The summed E-state index contributed by atoms with van der Waals surface area (Å²) in [5, 5.41) is 0. The van der Waals surface area contributed by atoms with Crippen molar-refractivity contribution in [3.05, 3.63) is 11.6 Å². The van der Waals surface area contributed by atoms with Gasteiger partial charge in [-0.05, 0) is 36.5 Å². The van der Waals surface area contributed by atoms with Crippen LogP contribution in [0, 0.1) is 17.3 Å². The third-order valence-electron chi connectivity index (χ3n) is 4.43. The molecule has 0 amide bonds. The van der Waals surface area contributed by atoms with Gasteiger partial charge < -0.3 is 0 Å². The average molecular weight is 206 g/mol. The Labute approximate surface area is 92.9 Å². The molecule has 2 rings (SSSR count). The number of hydrogen-bond acceptors (Lipinski definition) is 1. The van der Waals surface area contributed by atoms with E-state index in [2.05, 4.69) is 26.8 Å². The molecule has 2 aliphatic rings. The van der Waals surface area contributed by atoms with Crippen molar-refractivity contribution < 1.29 is 4.79 Å². The van der Waals surface area contributed by atoms with Crippen LogP contribution in [0.25, 0.3) is 0 Å². The van der Waals surface area contributed by atoms with Crippen LogP contribution in [0.3, 0.4) is 0 Å². The molecule has 1 fully saturated rings. The second kappa shape index (κ2) is 3.77. The Morgan fingerprint density at radius 2 is 2.07 bits per heavy atom. The molecule has 0 unspecified atom stereocenters. The molecule has 1 saturated carbocycles. The van der Waals surface area contributed by atoms with Crippen molar-refractivity contribution in [1.29, 1.82) is 0 Å². The second-order valence-corrected chi connectivity index (χ2v) is 5.97. The van der Waals surface area contributed by atoms with Gasteiger partial charge in [0.15, 0.2) is 0 Å². The van der Waals surface area contributed by atoms with Crippen LogP contribution in [0.4, 0.5) is 0 Å². The minimum Gasteiger partial charge on any atom is -0.300 e. The van der Waals surface area contributed by atoms with E-state index < -0.39 is 0 Å². The van der Waals surface area contributed by atoms with Crippen LogP contribution >= 0.6 is 0 Å². The van der Waals surface area contributed by atoms with E-state index in [1.807, 2.05) is 0 Å². The topological polar surface area (TPSA) is 17.1 Å². The van der Waals surface area contributed by atoms with Gasteiger partial charge in [-0.2, -0.15) is 0 Å². The fraction of sp³-hybridized carbons (Fsp3) is 0.786. The number of hydrogen-bond donors (Lipinski definition) is 0. The van der Waals surface area contributed by atoms with E-state index in [1.54, 1.807) is 5.57 Å². The molecule has 2 bridgehead atoms. The van der Waals surface area contributed by atoms with Gasteiger partial charge in [0, 0.05) is 12.8 Å². The summed E-state index contributed by atoms with van der Waals surface area (Å²) in [7, 11) is 0. The summed E-state index contributed by atoms with van der Waals surface area (Å²) in [6.07, 6.45) is 7.56. The number of ketones is 1. The SMILES string of the molecule is C[C@H]1C/C=C2/CC[C@H](CC(=O)C1)C2(C)C. The first kappa shape index (κ1) is 10.9. The number of rotatable bonds is 0. The Morgan fingerprint density at radius 1 is 1.33 bits per heavy atom. The zero-order valence-corrected chi connectivity index (χ0v) is 10.2. The molecule has 0 spiro atoms. The van der Waals surface area contributed by atoms with Crippen molar-refractivity contribution >= 4 is 5.78 Å². The highest BCUT2D eigenvalue weighted by Gasteiger charge is 2.39. The van der Waals surface area contributed by atoms with Crippen molar-refractivity contribution in [2.75, 3.05) is 0 Å².